The van der Waals surface area contributed by atoms with Crippen molar-refractivity contribution in [1.29, 1.82) is 0 Å². The molecule has 2 saturated heterocycles. The van der Waals surface area contributed by atoms with Crippen LogP contribution < -0.4 is 5.32 Å². The molecule has 3 rings (SSSR count). The Morgan fingerprint density at radius 2 is 2.28 bits per heavy atom. The van der Waals surface area contributed by atoms with Crippen LogP contribution >= 0.6 is 11.3 Å². The van der Waals surface area contributed by atoms with Crippen molar-refractivity contribution in [3.63, 3.8) is 0 Å². The van der Waals surface area contributed by atoms with Gasteiger partial charge in [0.15, 0.2) is 0 Å². The van der Waals surface area contributed by atoms with Crippen LogP contribution in [0.25, 0.3) is 0 Å². The van der Waals surface area contributed by atoms with Crippen LogP contribution in [0.15, 0.2) is 16.8 Å². The fourth-order valence-corrected chi connectivity index (χ4v) is 3.90. The smallest absolute Gasteiger partial charge is 0.226 e. The first kappa shape index (κ1) is 12.2. The molecule has 98 valence electrons. The fraction of sp³-hybridized carbons (Fsp3) is 0.643. The van der Waals surface area contributed by atoms with Crippen molar-refractivity contribution in [1.82, 2.24) is 10.2 Å². The molecule has 0 saturated carbocycles. The second-order valence-corrected chi connectivity index (χ2v) is 6.33. The molecule has 0 aromatic carbocycles. The first-order chi connectivity index (χ1) is 8.78. The van der Waals surface area contributed by atoms with E-state index in [0.29, 0.717) is 5.91 Å². The van der Waals surface area contributed by atoms with Crippen molar-refractivity contribution >= 4 is 17.2 Å². The van der Waals surface area contributed by atoms with E-state index in [1.165, 1.54) is 5.56 Å². The molecule has 1 atom stereocenters. The second-order valence-electron chi connectivity index (χ2n) is 5.55. The van der Waals surface area contributed by atoms with Crippen LogP contribution in [0.5, 0.6) is 0 Å². The standard InChI is InChI=1S/C14H20N2OS/c17-13-14(4-6-15-13)3-1-7-16(8-5-14)10-12-2-9-18-11-12/h2,9,11H,1,3-8,10H2,(H,15,17)/t14-/m0/s1. The molecule has 1 amide bonds. The van der Waals surface area contributed by atoms with Crippen molar-refractivity contribution in [3.05, 3.63) is 22.4 Å². The molecule has 2 aliphatic rings. The largest absolute Gasteiger partial charge is 0.356 e. The Hall–Kier alpha value is -0.870. The molecule has 4 heteroatoms. The minimum atomic E-state index is -0.0383. The van der Waals surface area contributed by atoms with E-state index in [-0.39, 0.29) is 5.41 Å². The number of likely N-dealkylation sites (tertiary alicyclic amines) is 1. The number of rotatable bonds is 2. The monoisotopic (exact) mass is 264 g/mol. The average molecular weight is 264 g/mol. The Morgan fingerprint density at radius 1 is 1.33 bits per heavy atom. The summed E-state index contributed by atoms with van der Waals surface area (Å²) in [6.07, 6.45) is 4.29. The molecule has 18 heavy (non-hydrogen) atoms. The van der Waals surface area contributed by atoms with Crippen LogP contribution in [0.3, 0.4) is 0 Å². The SMILES string of the molecule is O=C1NCC[C@]12CCCN(Cc1ccsc1)CC2. The molecule has 1 N–H and O–H groups in total. The molecule has 1 aromatic rings. The highest BCUT2D eigenvalue weighted by molar-refractivity contribution is 7.07. The molecular formula is C14H20N2OS. The lowest BCUT2D eigenvalue weighted by Gasteiger charge is -2.24. The number of thiophene rings is 1. The number of hydrogen-bond donors (Lipinski definition) is 1. The maximum Gasteiger partial charge on any atom is 0.226 e. The zero-order chi connectivity index (χ0) is 12.4. The van der Waals surface area contributed by atoms with Crippen LogP contribution in [0.4, 0.5) is 0 Å². The van der Waals surface area contributed by atoms with Gasteiger partial charge in [-0.15, -0.1) is 0 Å². The first-order valence-electron chi connectivity index (χ1n) is 6.80. The Labute approximate surface area is 112 Å². The van der Waals surface area contributed by atoms with E-state index in [0.717, 1.165) is 51.9 Å². The van der Waals surface area contributed by atoms with Crippen LogP contribution in [-0.2, 0) is 11.3 Å². The Kier molecular flexibility index (Phi) is 3.39. The first-order valence-corrected chi connectivity index (χ1v) is 7.75. The highest BCUT2D eigenvalue weighted by Gasteiger charge is 2.42. The summed E-state index contributed by atoms with van der Waals surface area (Å²) in [7, 11) is 0. The number of amides is 1. The lowest BCUT2D eigenvalue weighted by molar-refractivity contribution is -0.128. The fourth-order valence-electron chi connectivity index (χ4n) is 3.24. The number of carbonyl (C=O) groups excluding carboxylic acids is 1. The van der Waals surface area contributed by atoms with Crippen LogP contribution in [0.2, 0.25) is 0 Å². The highest BCUT2D eigenvalue weighted by atomic mass is 32.1. The van der Waals surface area contributed by atoms with Crippen molar-refractivity contribution in [2.75, 3.05) is 19.6 Å². The number of hydrogen-bond acceptors (Lipinski definition) is 3. The summed E-state index contributed by atoms with van der Waals surface area (Å²) in [5, 5.41) is 7.38. The van der Waals surface area contributed by atoms with Gasteiger partial charge in [0.25, 0.3) is 0 Å². The summed E-state index contributed by atoms with van der Waals surface area (Å²) >= 11 is 1.76. The van der Waals surface area contributed by atoms with Gasteiger partial charge in [-0.3, -0.25) is 9.69 Å². The van der Waals surface area contributed by atoms with Gasteiger partial charge < -0.3 is 5.32 Å². The summed E-state index contributed by atoms with van der Waals surface area (Å²) in [6, 6.07) is 2.20. The van der Waals surface area contributed by atoms with Crippen LogP contribution in [0, 0.1) is 5.41 Å². The van der Waals surface area contributed by atoms with E-state index in [9.17, 15) is 4.79 Å². The Balaban J connectivity index is 1.63. The summed E-state index contributed by atoms with van der Waals surface area (Å²) < 4.78 is 0. The van der Waals surface area contributed by atoms with E-state index in [1.807, 2.05) is 0 Å². The lowest BCUT2D eigenvalue weighted by atomic mass is 9.79. The van der Waals surface area contributed by atoms with Gasteiger partial charge >= 0.3 is 0 Å². The summed E-state index contributed by atoms with van der Waals surface area (Å²) in [5.41, 5.74) is 1.37. The van der Waals surface area contributed by atoms with Crippen LogP contribution in [-0.4, -0.2) is 30.4 Å². The van der Waals surface area contributed by atoms with Crippen molar-refractivity contribution < 1.29 is 4.79 Å². The third-order valence-corrected chi connectivity index (χ3v) is 5.13. The normalized spacial score (nSPS) is 29.4. The van der Waals surface area contributed by atoms with E-state index in [4.69, 9.17) is 0 Å². The Bertz CT molecular complexity index is 417. The minimum Gasteiger partial charge on any atom is -0.356 e. The summed E-state index contributed by atoms with van der Waals surface area (Å²) in [5.74, 6) is 0.305. The summed E-state index contributed by atoms with van der Waals surface area (Å²) in [6.45, 7) is 4.11. The van der Waals surface area contributed by atoms with Gasteiger partial charge in [0.2, 0.25) is 5.91 Å². The molecule has 3 heterocycles. The van der Waals surface area contributed by atoms with E-state index < -0.39 is 0 Å². The minimum absolute atomic E-state index is 0.0383. The van der Waals surface area contributed by atoms with Gasteiger partial charge in [-0.05, 0) is 61.2 Å². The zero-order valence-electron chi connectivity index (χ0n) is 10.7. The third-order valence-electron chi connectivity index (χ3n) is 4.39. The molecule has 0 bridgehead atoms. The van der Waals surface area contributed by atoms with Crippen molar-refractivity contribution in [3.8, 4) is 0 Å². The zero-order valence-corrected chi connectivity index (χ0v) is 11.5. The number of nitrogens with one attached hydrogen (secondary N) is 1. The topological polar surface area (TPSA) is 32.3 Å². The van der Waals surface area contributed by atoms with Gasteiger partial charge in [-0.25, -0.2) is 0 Å². The highest BCUT2D eigenvalue weighted by Crippen LogP contribution is 2.38. The maximum atomic E-state index is 12.0. The number of nitrogens with zero attached hydrogens (tertiary/aromatic N) is 1. The van der Waals surface area contributed by atoms with E-state index in [1.54, 1.807) is 11.3 Å². The predicted molar refractivity (Wildman–Crippen MR) is 73.5 cm³/mol. The van der Waals surface area contributed by atoms with Crippen molar-refractivity contribution in [2.45, 2.75) is 32.2 Å². The van der Waals surface area contributed by atoms with Gasteiger partial charge in [-0.2, -0.15) is 11.3 Å². The van der Waals surface area contributed by atoms with Gasteiger partial charge in [0.1, 0.15) is 0 Å². The van der Waals surface area contributed by atoms with Crippen molar-refractivity contribution in [2.24, 2.45) is 5.41 Å². The average Bonchev–Trinajstić information content (AvgIpc) is 2.92. The Morgan fingerprint density at radius 3 is 3.00 bits per heavy atom. The molecule has 2 fully saturated rings. The predicted octanol–water partition coefficient (Wildman–Crippen LogP) is 2.24. The molecule has 1 aromatic heterocycles. The molecule has 2 aliphatic heterocycles. The molecule has 1 spiro atoms. The number of carbonyl (C=O) groups is 1. The molecule has 0 aliphatic carbocycles. The van der Waals surface area contributed by atoms with E-state index in [2.05, 4.69) is 27.0 Å². The lowest BCUT2D eigenvalue weighted by Crippen LogP contribution is -2.32. The van der Waals surface area contributed by atoms with Gasteiger partial charge in [0, 0.05) is 13.1 Å². The second kappa shape index (κ2) is 5.02. The van der Waals surface area contributed by atoms with E-state index >= 15 is 0 Å². The van der Waals surface area contributed by atoms with Gasteiger partial charge in [0.05, 0.1) is 5.41 Å². The molecule has 0 unspecified atom stereocenters. The molecular weight excluding hydrogens is 244 g/mol. The van der Waals surface area contributed by atoms with Crippen LogP contribution in [0.1, 0.15) is 31.2 Å². The molecule has 0 radical (unpaired) electrons. The third kappa shape index (κ3) is 2.31. The van der Waals surface area contributed by atoms with Gasteiger partial charge in [-0.1, -0.05) is 0 Å². The quantitative estimate of drug-likeness (QED) is 0.888. The maximum absolute atomic E-state index is 12.0. The summed E-state index contributed by atoms with van der Waals surface area (Å²) in [4.78, 5) is 14.5. The molecule has 3 nitrogen and oxygen atoms in total.